The Bertz CT molecular complexity index is 878. The molecule has 1 heterocycles. The van der Waals surface area contributed by atoms with Crippen LogP contribution in [0.1, 0.15) is 24.5 Å². The summed E-state index contributed by atoms with van der Waals surface area (Å²) in [5.74, 6) is 0.168. The molecule has 0 aliphatic carbocycles. The van der Waals surface area contributed by atoms with Crippen molar-refractivity contribution in [3.05, 3.63) is 71.8 Å². The highest BCUT2D eigenvalue weighted by atomic mass is 19.1. The van der Waals surface area contributed by atoms with Crippen molar-refractivity contribution in [3.8, 4) is 28.6 Å². The van der Waals surface area contributed by atoms with Crippen LogP contribution in [-0.4, -0.2) is 9.97 Å². The fourth-order valence-corrected chi connectivity index (χ4v) is 2.52. The van der Waals surface area contributed by atoms with Crippen LogP contribution in [-0.2, 0) is 6.42 Å². The number of nitriles is 1. The van der Waals surface area contributed by atoms with E-state index >= 15 is 0 Å². The normalized spacial score (nSPS) is 10.4. The molecule has 3 aromatic rings. The van der Waals surface area contributed by atoms with Gasteiger partial charge in [-0.1, -0.05) is 43.7 Å². The maximum Gasteiger partial charge on any atom is 0.159 e. The number of nitrogens with zero attached hydrogens (tertiary/aromatic N) is 3. The predicted molar refractivity (Wildman–Crippen MR) is 91.6 cm³/mol. The maximum atomic E-state index is 13.7. The third kappa shape index (κ3) is 3.31. The zero-order valence-corrected chi connectivity index (χ0v) is 13.3. The lowest BCUT2D eigenvalue weighted by atomic mass is 10.0. The SMILES string of the molecule is CCCc1cnc(-c2ccc(-c3ccc(C#N)c(F)c3)cc2)nc1. The Morgan fingerprint density at radius 1 is 0.958 bits per heavy atom. The summed E-state index contributed by atoms with van der Waals surface area (Å²) < 4.78 is 13.7. The van der Waals surface area contributed by atoms with Crippen LogP contribution in [0, 0.1) is 17.1 Å². The van der Waals surface area contributed by atoms with E-state index in [1.165, 1.54) is 12.1 Å². The lowest BCUT2D eigenvalue weighted by Gasteiger charge is -2.05. The molecule has 118 valence electrons. The van der Waals surface area contributed by atoms with Crippen molar-refractivity contribution in [2.45, 2.75) is 19.8 Å². The van der Waals surface area contributed by atoms with E-state index < -0.39 is 5.82 Å². The van der Waals surface area contributed by atoms with Crippen molar-refractivity contribution < 1.29 is 4.39 Å². The molecule has 4 heteroatoms. The average Bonchev–Trinajstić information content (AvgIpc) is 2.63. The highest BCUT2D eigenvalue weighted by molar-refractivity contribution is 5.68. The Hall–Kier alpha value is -3.06. The zero-order valence-electron chi connectivity index (χ0n) is 13.3. The van der Waals surface area contributed by atoms with Gasteiger partial charge in [-0.25, -0.2) is 14.4 Å². The summed E-state index contributed by atoms with van der Waals surface area (Å²) in [4.78, 5) is 8.80. The van der Waals surface area contributed by atoms with Gasteiger partial charge < -0.3 is 0 Å². The van der Waals surface area contributed by atoms with Crippen molar-refractivity contribution in [1.82, 2.24) is 9.97 Å². The Balaban J connectivity index is 1.85. The summed E-state index contributed by atoms with van der Waals surface area (Å²) >= 11 is 0. The van der Waals surface area contributed by atoms with Gasteiger partial charge in [-0.3, -0.25) is 0 Å². The molecule has 24 heavy (non-hydrogen) atoms. The highest BCUT2D eigenvalue weighted by Gasteiger charge is 2.06. The molecule has 0 saturated heterocycles. The number of benzene rings is 2. The maximum absolute atomic E-state index is 13.7. The molecule has 0 bridgehead atoms. The Morgan fingerprint density at radius 3 is 2.17 bits per heavy atom. The molecule has 0 spiro atoms. The van der Waals surface area contributed by atoms with E-state index in [4.69, 9.17) is 5.26 Å². The molecule has 0 aliphatic heterocycles. The quantitative estimate of drug-likeness (QED) is 0.696. The third-order valence-electron chi connectivity index (χ3n) is 3.81. The summed E-state index contributed by atoms with van der Waals surface area (Å²) in [7, 11) is 0. The second-order valence-electron chi connectivity index (χ2n) is 5.55. The first kappa shape index (κ1) is 15.8. The van der Waals surface area contributed by atoms with E-state index in [1.54, 1.807) is 6.07 Å². The van der Waals surface area contributed by atoms with Crippen LogP contribution in [0.15, 0.2) is 54.9 Å². The lowest BCUT2D eigenvalue weighted by molar-refractivity contribution is 0.624. The number of hydrogen-bond donors (Lipinski definition) is 0. The molecule has 0 N–H and O–H groups in total. The molecule has 0 fully saturated rings. The van der Waals surface area contributed by atoms with Crippen LogP contribution >= 0.6 is 0 Å². The minimum absolute atomic E-state index is 0.0518. The van der Waals surface area contributed by atoms with Crippen molar-refractivity contribution in [1.29, 1.82) is 5.26 Å². The second kappa shape index (κ2) is 7.01. The monoisotopic (exact) mass is 317 g/mol. The Morgan fingerprint density at radius 2 is 1.58 bits per heavy atom. The van der Waals surface area contributed by atoms with Gasteiger partial charge in [0, 0.05) is 18.0 Å². The van der Waals surface area contributed by atoms with Crippen LogP contribution in [0.2, 0.25) is 0 Å². The second-order valence-corrected chi connectivity index (χ2v) is 5.55. The van der Waals surface area contributed by atoms with Gasteiger partial charge in [0.05, 0.1) is 5.56 Å². The summed E-state index contributed by atoms with van der Waals surface area (Å²) in [6.45, 7) is 2.12. The lowest BCUT2D eigenvalue weighted by Crippen LogP contribution is -1.92. The first-order valence-corrected chi connectivity index (χ1v) is 7.82. The highest BCUT2D eigenvalue weighted by Crippen LogP contribution is 2.24. The zero-order chi connectivity index (χ0) is 16.9. The molecular formula is C20H16FN3. The molecule has 0 saturated carbocycles. The Kier molecular flexibility index (Phi) is 4.62. The molecular weight excluding hydrogens is 301 g/mol. The summed E-state index contributed by atoms with van der Waals surface area (Å²) in [5.41, 5.74) is 3.71. The molecule has 3 nitrogen and oxygen atoms in total. The number of hydrogen-bond acceptors (Lipinski definition) is 3. The van der Waals surface area contributed by atoms with Crippen molar-refractivity contribution in [2.75, 3.05) is 0 Å². The van der Waals surface area contributed by atoms with Crippen molar-refractivity contribution in [2.24, 2.45) is 0 Å². The molecule has 0 unspecified atom stereocenters. The minimum atomic E-state index is -0.506. The van der Waals surface area contributed by atoms with Gasteiger partial charge in [-0.2, -0.15) is 5.26 Å². The molecule has 2 aromatic carbocycles. The summed E-state index contributed by atoms with van der Waals surface area (Å²) in [5, 5.41) is 8.79. The molecule has 0 aliphatic rings. The van der Waals surface area contributed by atoms with E-state index in [2.05, 4.69) is 16.9 Å². The van der Waals surface area contributed by atoms with Gasteiger partial charge in [0.2, 0.25) is 0 Å². The van der Waals surface area contributed by atoms with E-state index in [0.29, 0.717) is 5.82 Å². The molecule has 0 amide bonds. The first-order valence-electron chi connectivity index (χ1n) is 7.82. The fraction of sp³-hybridized carbons (Fsp3) is 0.150. The summed E-state index contributed by atoms with van der Waals surface area (Å²) in [6.07, 6.45) is 5.76. The van der Waals surface area contributed by atoms with E-state index in [1.807, 2.05) is 42.7 Å². The number of aryl methyl sites for hydroxylation is 1. The number of aromatic nitrogens is 2. The van der Waals surface area contributed by atoms with Crippen molar-refractivity contribution in [3.63, 3.8) is 0 Å². The topological polar surface area (TPSA) is 49.6 Å². The average molecular weight is 317 g/mol. The molecule has 0 atom stereocenters. The van der Waals surface area contributed by atoms with Crippen LogP contribution < -0.4 is 0 Å². The third-order valence-corrected chi connectivity index (χ3v) is 3.81. The van der Waals surface area contributed by atoms with Gasteiger partial charge in [-0.15, -0.1) is 0 Å². The number of halogens is 1. The van der Waals surface area contributed by atoms with Crippen LogP contribution in [0.25, 0.3) is 22.5 Å². The molecule has 3 rings (SSSR count). The summed E-state index contributed by atoms with van der Waals surface area (Å²) in [6, 6.07) is 14.1. The van der Waals surface area contributed by atoms with E-state index in [9.17, 15) is 4.39 Å². The van der Waals surface area contributed by atoms with Crippen LogP contribution in [0.3, 0.4) is 0 Å². The standard InChI is InChI=1S/C20H16FN3/c1-2-3-14-12-23-20(24-13-14)16-6-4-15(5-7-16)17-8-9-18(11-22)19(21)10-17/h4-10,12-13H,2-3H2,1H3. The Labute approximate surface area is 140 Å². The van der Waals surface area contributed by atoms with Gasteiger partial charge in [0.1, 0.15) is 11.9 Å². The van der Waals surface area contributed by atoms with Gasteiger partial charge in [0.25, 0.3) is 0 Å². The van der Waals surface area contributed by atoms with E-state index in [0.717, 1.165) is 35.1 Å². The minimum Gasteiger partial charge on any atom is -0.236 e. The van der Waals surface area contributed by atoms with Crippen LogP contribution in [0.5, 0.6) is 0 Å². The number of rotatable bonds is 4. The van der Waals surface area contributed by atoms with Gasteiger partial charge >= 0.3 is 0 Å². The largest absolute Gasteiger partial charge is 0.236 e. The smallest absolute Gasteiger partial charge is 0.159 e. The fourth-order valence-electron chi connectivity index (χ4n) is 2.52. The molecule has 0 radical (unpaired) electrons. The van der Waals surface area contributed by atoms with E-state index in [-0.39, 0.29) is 5.56 Å². The predicted octanol–water partition coefficient (Wildman–Crippen LogP) is 4.77. The van der Waals surface area contributed by atoms with Gasteiger partial charge in [0.15, 0.2) is 5.82 Å². The van der Waals surface area contributed by atoms with Gasteiger partial charge in [-0.05, 0) is 35.2 Å². The van der Waals surface area contributed by atoms with Crippen LogP contribution in [0.4, 0.5) is 4.39 Å². The first-order chi connectivity index (χ1) is 11.7. The molecule has 1 aromatic heterocycles. The van der Waals surface area contributed by atoms with Crippen molar-refractivity contribution >= 4 is 0 Å².